The molecule has 0 aliphatic heterocycles. The van der Waals surface area contributed by atoms with E-state index in [1.165, 1.54) is 10.4 Å². The van der Waals surface area contributed by atoms with Crippen LogP contribution in [-0.2, 0) is 24.1 Å². The fourth-order valence-electron chi connectivity index (χ4n) is 3.04. The van der Waals surface area contributed by atoms with Crippen molar-refractivity contribution in [1.29, 1.82) is 0 Å². The molecule has 0 fully saturated rings. The predicted molar refractivity (Wildman–Crippen MR) is 92.8 cm³/mol. The summed E-state index contributed by atoms with van der Waals surface area (Å²) in [6, 6.07) is 7.29. The van der Waals surface area contributed by atoms with Crippen LogP contribution >= 0.6 is 11.3 Å². The number of primary amides is 1. The van der Waals surface area contributed by atoms with Crippen LogP contribution in [0.4, 0.5) is 5.69 Å². The number of thiophene rings is 1. The number of fused-ring (bicyclic) bond motifs is 1. The molecule has 1 heterocycles. The van der Waals surface area contributed by atoms with Crippen molar-refractivity contribution in [3.63, 3.8) is 0 Å². The van der Waals surface area contributed by atoms with Crippen LogP contribution < -0.4 is 11.1 Å². The van der Waals surface area contributed by atoms with Crippen molar-refractivity contribution in [2.75, 3.05) is 5.32 Å². The highest BCUT2D eigenvalue weighted by Crippen LogP contribution is 2.33. The fraction of sp³-hybridized carbons (Fsp3) is 0.333. The lowest BCUT2D eigenvalue weighted by Crippen LogP contribution is -2.19. The molecular formula is C18H20N2O2S. The van der Waals surface area contributed by atoms with Crippen LogP contribution in [-0.4, -0.2) is 11.8 Å². The van der Waals surface area contributed by atoms with E-state index >= 15 is 0 Å². The molecule has 3 rings (SSSR count). The first-order valence-corrected chi connectivity index (χ1v) is 8.69. The molecule has 1 atom stereocenters. The second-order valence-electron chi connectivity index (χ2n) is 6.15. The van der Waals surface area contributed by atoms with E-state index < -0.39 is 5.91 Å². The summed E-state index contributed by atoms with van der Waals surface area (Å²) in [6.07, 6.45) is 3.27. The topological polar surface area (TPSA) is 72.2 Å². The van der Waals surface area contributed by atoms with Gasteiger partial charge in [-0.1, -0.05) is 25.1 Å². The van der Waals surface area contributed by atoms with E-state index in [-0.39, 0.29) is 12.3 Å². The maximum absolute atomic E-state index is 12.6. The van der Waals surface area contributed by atoms with E-state index in [1.54, 1.807) is 17.4 Å². The number of anilines is 1. The highest BCUT2D eigenvalue weighted by molar-refractivity contribution is 7.10. The molecule has 0 bridgehead atoms. The van der Waals surface area contributed by atoms with Crippen LogP contribution in [0, 0.1) is 5.92 Å². The summed E-state index contributed by atoms with van der Waals surface area (Å²) in [5, 5.41) is 4.89. The van der Waals surface area contributed by atoms with Crippen LogP contribution in [0.5, 0.6) is 0 Å². The molecular weight excluding hydrogens is 308 g/mol. The first kappa shape index (κ1) is 15.7. The van der Waals surface area contributed by atoms with Gasteiger partial charge in [-0.15, -0.1) is 11.3 Å². The number of nitrogens with two attached hydrogens (primary N) is 1. The minimum absolute atomic E-state index is 0.103. The summed E-state index contributed by atoms with van der Waals surface area (Å²) < 4.78 is 0. The summed E-state index contributed by atoms with van der Waals surface area (Å²) in [4.78, 5) is 25.1. The van der Waals surface area contributed by atoms with Gasteiger partial charge in [0.25, 0.3) is 5.91 Å². The van der Waals surface area contributed by atoms with Gasteiger partial charge in [-0.25, -0.2) is 0 Å². The molecule has 0 saturated carbocycles. The predicted octanol–water partition coefficient (Wildman–Crippen LogP) is 3.15. The molecule has 1 aromatic heterocycles. The van der Waals surface area contributed by atoms with Crippen molar-refractivity contribution in [3.8, 4) is 0 Å². The SMILES string of the molecule is CC1CCc2c(C(=O)Nc3ccccc3CC(N)=O)csc2C1. The van der Waals surface area contributed by atoms with Crippen molar-refractivity contribution in [3.05, 3.63) is 51.2 Å². The van der Waals surface area contributed by atoms with E-state index in [0.717, 1.165) is 30.4 Å². The van der Waals surface area contributed by atoms with Crippen molar-refractivity contribution in [2.45, 2.75) is 32.6 Å². The molecule has 1 aliphatic rings. The van der Waals surface area contributed by atoms with E-state index in [2.05, 4.69) is 12.2 Å². The normalized spacial score (nSPS) is 16.7. The second-order valence-corrected chi connectivity index (χ2v) is 7.12. The summed E-state index contributed by atoms with van der Waals surface area (Å²) in [6.45, 7) is 2.25. The number of benzene rings is 1. The maximum atomic E-state index is 12.6. The molecule has 1 aromatic carbocycles. The van der Waals surface area contributed by atoms with Crippen molar-refractivity contribution < 1.29 is 9.59 Å². The quantitative estimate of drug-likeness (QED) is 0.905. The molecule has 120 valence electrons. The molecule has 2 aromatic rings. The van der Waals surface area contributed by atoms with Crippen molar-refractivity contribution >= 4 is 28.8 Å². The Hall–Kier alpha value is -2.14. The average Bonchev–Trinajstić information content (AvgIpc) is 2.91. The molecule has 2 amide bonds. The Morgan fingerprint density at radius 2 is 2.13 bits per heavy atom. The van der Waals surface area contributed by atoms with Gasteiger partial charge < -0.3 is 11.1 Å². The van der Waals surface area contributed by atoms with Crippen molar-refractivity contribution in [2.24, 2.45) is 11.7 Å². The Morgan fingerprint density at radius 1 is 1.35 bits per heavy atom. The third-order valence-electron chi connectivity index (χ3n) is 4.28. The molecule has 0 spiro atoms. The Morgan fingerprint density at radius 3 is 2.91 bits per heavy atom. The number of nitrogens with one attached hydrogen (secondary N) is 1. The Kier molecular flexibility index (Phi) is 4.48. The third kappa shape index (κ3) is 3.45. The summed E-state index contributed by atoms with van der Waals surface area (Å²) in [5.41, 5.74) is 8.63. The summed E-state index contributed by atoms with van der Waals surface area (Å²) in [5.74, 6) is 0.177. The molecule has 5 heteroatoms. The van der Waals surface area contributed by atoms with Crippen LogP contribution in [0.25, 0.3) is 0 Å². The second kappa shape index (κ2) is 6.54. The largest absolute Gasteiger partial charge is 0.369 e. The van der Waals surface area contributed by atoms with Crippen LogP contribution in [0.2, 0.25) is 0 Å². The number of hydrogen-bond acceptors (Lipinski definition) is 3. The standard InChI is InChI=1S/C18H20N2O2S/c1-11-6-7-13-14(10-23-16(13)8-11)18(22)20-15-5-3-2-4-12(15)9-17(19)21/h2-5,10-11H,6-9H2,1H3,(H2,19,21)(H,20,22). The molecule has 0 radical (unpaired) electrons. The lowest BCUT2D eigenvalue weighted by atomic mass is 9.88. The minimum atomic E-state index is -0.409. The molecule has 3 N–H and O–H groups in total. The molecule has 1 aliphatic carbocycles. The Balaban J connectivity index is 1.82. The monoisotopic (exact) mass is 328 g/mol. The van der Waals surface area contributed by atoms with Gasteiger partial charge in [-0.2, -0.15) is 0 Å². The highest BCUT2D eigenvalue weighted by Gasteiger charge is 2.23. The van der Waals surface area contributed by atoms with Crippen LogP contribution in [0.3, 0.4) is 0 Å². The zero-order valence-corrected chi connectivity index (χ0v) is 13.9. The highest BCUT2D eigenvalue weighted by atomic mass is 32.1. The van der Waals surface area contributed by atoms with Gasteiger partial charge in [0.15, 0.2) is 0 Å². The Bertz CT molecular complexity index is 751. The smallest absolute Gasteiger partial charge is 0.256 e. The van der Waals surface area contributed by atoms with Gasteiger partial charge in [0.2, 0.25) is 5.91 Å². The molecule has 0 saturated heterocycles. The van der Waals surface area contributed by atoms with Gasteiger partial charge in [0.1, 0.15) is 0 Å². The number of para-hydroxylation sites is 1. The van der Waals surface area contributed by atoms with Gasteiger partial charge in [0.05, 0.1) is 12.0 Å². The zero-order valence-electron chi connectivity index (χ0n) is 13.1. The van der Waals surface area contributed by atoms with E-state index in [9.17, 15) is 9.59 Å². The Labute approximate surface area is 139 Å². The number of amides is 2. The van der Waals surface area contributed by atoms with Gasteiger partial charge in [-0.05, 0) is 42.4 Å². The first-order valence-electron chi connectivity index (χ1n) is 7.81. The van der Waals surface area contributed by atoms with Crippen LogP contribution in [0.1, 0.15) is 39.7 Å². The van der Waals surface area contributed by atoms with E-state index in [0.29, 0.717) is 11.6 Å². The minimum Gasteiger partial charge on any atom is -0.369 e. The van der Waals surface area contributed by atoms with Gasteiger partial charge >= 0.3 is 0 Å². The van der Waals surface area contributed by atoms with E-state index in [1.807, 2.05) is 23.6 Å². The zero-order chi connectivity index (χ0) is 16.4. The molecule has 1 unspecified atom stereocenters. The first-order chi connectivity index (χ1) is 11.0. The average molecular weight is 328 g/mol. The summed E-state index contributed by atoms with van der Waals surface area (Å²) in [7, 11) is 0. The molecule has 4 nitrogen and oxygen atoms in total. The number of hydrogen-bond donors (Lipinski definition) is 2. The van der Waals surface area contributed by atoms with Crippen LogP contribution in [0.15, 0.2) is 29.6 Å². The fourth-order valence-corrected chi connectivity index (χ4v) is 4.29. The number of carbonyl (C=O) groups excluding carboxylic acids is 2. The summed E-state index contributed by atoms with van der Waals surface area (Å²) >= 11 is 1.67. The van der Waals surface area contributed by atoms with Crippen molar-refractivity contribution in [1.82, 2.24) is 0 Å². The van der Waals surface area contributed by atoms with Gasteiger partial charge in [0, 0.05) is 15.9 Å². The van der Waals surface area contributed by atoms with E-state index in [4.69, 9.17) is 5.73 Å². The maximum Gasteiger partial charge on any atom is 0.256 e. The lowest BCUT2D eigenvalue weighted by Gasteiger charge is -2.19. The lowest BCUT2D eigenvalue weighted by molar-refractivity contribution is -0.117. The number of carbonyl (C=O) groups is 2. The third-order valence-corrected chi connectivity index (χ3v) is 5.33. The van der Waals surface area contributed by atoms with Gasteiger partial charge in [-0.3, -0.25) is 9.59 Å². The molecule has 23 heavy (non-hydrogen) atoms. The number of rotatable bonds is 4.